The van der Waals surface area contributed by atoms with E-state index < -0.39 is 0 Å². The molecule has 1 aromatic carbocycles. The number of ether oxygens (including phenoxy) is 1. The molecule has 1 N–H and O–H groups in total. The number of aromatic nitrogens is 2. The van der Waals surface area contributed by atoms with Crippen molar-refractivity contribution < 1.29 is 4.74 Å². The largest absolute Gasteiger partial charge is 0.492 e. The zero-order valence-electron chi connectivity index (χ0n) is 14.5. The predicted molar refractivity (Wildman–Crippen MR) is 107 cm³/mol. The van der Waals surface area contributed by atoms with Gasteiger partial charge in [0.05, 0.1) is 11.6 Å². The molecule has 0 aliphatic carbocycles. The summed E-state index contributed by atoms with van der Waals surface area (Å²) < 4.78 is 5.58. The number of hydrogen-bond acceptors (Lipinski definition) is 5. The van der Waals surface area contributed by atoms with E-state index in [1.807, 2.05) is 19.1 Å². The molecule has 3 rings (SSSR count). The Kier molecular flexibility index (Phi) is 6.81. The first kappa shape index (κ1) is 19.5. The Hall–Kier alpha value is -1.27. The number of likely N-dealkylation sites (tertiary alicyclic amines) is 1. The number of anilines is 1. The second-order valence-electron chi connectivity index (χ2n) is 6.24. The number of nitrogens with one attached hydrogen (secondary N) is 1. The first-order valence-electron chi connectivity index (χ1n) is 8.63. The number of nitrogens with zero attached hydrogens (tertiary/aromatic N) is 3. The smallest absolute Gasteiger partial charge is 0.225 e. The van der Waals surface area contributed by atoms with E-state index in [0.29, 0.717) is 28.6 Å². The van der Waals surface area contributed by atoms with E-state index in [2.05, 4.69) is 26.3 Å². The predicted octanol–water partition coefficient (Wildman–Crippen LogP) is 4.91. The molecule has 2 heterocycles. The molecule has 1 fully saturated rings. The summed E-state index contributed by atoms with van der Waals surface area (Å²) in [6.07, 6.45) is 2.04. The highest BCUT2D eigenvalue weighted by Gasteiger charge is 2.20. The highest BCUT2D eigenvalue weighted by molar-refractivity contribution is 6.32. The lowest BCUT2D eigenvalue weighted by molar-refractivity contribution is 0.211. The normalized spacial score (nSPS) is 15.8. The van der Waals surface area contributed by atoms with Crippen LogP contribution in [0.1, 0.15) is 25.3 Å². The highest BCUT2D eigenvalue weighted by atomic mass is 35.5. The SMILES string of the molecule is CCOc1cc(CN2CCC(Nc3cc(Cl)nc(Cl)n3)CC2)ccc1Cl. The lowest BCUT2D eigenvalue weighted by atomic mass is 10.0. The molecule has 1 aliphatic heterocycles. The first-order valence-corrected chi connectivity index (χ1v) is 9.77. The van der Waals surface area contributed by atoms with Crippen LogP contribution in [-0.4, -0.2) is 40.6 Å². The average Bonchev–Trinajstić information content (AvgIpc) is 2.59. The Morgan fingerprint density at radius 3 is 2.62 bits per heavy atom. The number of halogens is 3. The van der Waals surface area contributed by atoms with Crippen LogP contribution in [0.3, 0.4) is 0 Å². The summed E-state index contributed by atoms with van der Waals surface area (Å²) in [4.78, 5) is 10.5. The van der Waals surface area contributed by atoms with E-state index in [9.17, 15) is 0 Å². The molecule has 0 amide bonds. The van der Waals surface area contributed by atoms with Crippen LogP contribution in [-0.2, 0) is 6.54 Å². The molecule has 2 aromatic rings. The van der Waals surface area contributed by atoms with E-state index in [-0.39, 0.29) is 5.28 Å². The highest BCUT2D eigenvalue weighted by Crippen LogP contribution is 2.27. The molecular weight excluding hydrogens is 395 g/mol. The van der Waals surface area contributed by atoms with E-state index >= 15 is 0 Å². The Labute approximate surface area is 168 Å². The maximum Gasteiger partial charge on any atom is 0.225 e. The van der Waals surface area contributed by atoms with Crippen LogP contribution in [0.4, 0.5) is 5.82 Å². The molecule has 1 aliphatic rings. The quantitative estimate of drug-likeness (QED) is 0.536. The van der Waals surface area contributed by atoms with Crippen molar-refractivity contribution in [3.05, 3.63) is 45.3 Å². The minimum atomic E-state index is 0.158. The van der Waals surface area contributed by atoms with Gasteiger partial charge in [-0.2, -0.15) is 0 Å². The van der Waals surface area contributed by atoms with Gasteiger partial charge in [-0.15, -0.1) is 0 Å². The van der Waals surface area contributed by atoms with Crippen LogP contribution in [0.5, 0.6) is 5.75 Å². The first-order chi connectivity index (χ1) is 12.5. The summed E-state index contributed by atoms with van der Waals surface area (Å²) in [6, 6.07) is 8.03. The van der Waals surface area contributed by atoms with Crippen LogP contribution in [0, 0.1) is 0 Å². The van der Waals surface area contributed by atoms with Gasteiger partial charge in [-0.25, -0.2) is 9.97 Å². The molecule has 8 heteroatoms. The van der Waals surface area contributed by atoms with Crippen LogP contribution < -0.4 is 10.1 Å². The zero-order valence-corrected chi connectivity index (χ0v) is 16.8. The van der Waals surface area contributed by atoms with Gasteiger partial charge in [-0.05, 0) is 49.1 Å². The third-order valence-corrected chi connectivity index (χ3v) is 4.98. The van der Waals surface area contributed by atoms with E-state index in [4.69, 9.17) is 39.5 Å². The standard InChI is InChI=1S/C18H21Cl3N4O/c1-2-26-15-9-12(3-4-14(15)19)11-25-7-5-13(6-8-25)22-17-10-16(20)23-18(21)24-17/h3-4,9-10,13H,2,5-8,11H2,1H3,(H,22,23,24). The third-order valence-electron chi connectivity index (χ3n) is 4.31. The van der Waals surface area contributed by atoms with Crippen molar-refractivity contribution in [1.29, 1.82) is 0 Å². The maximum atomic E-state index is 6.16. The third kappa shape index (κ3) is 5.36. The number of benzene rings is 1. The minimum absolute atomic E-state index is 0.158. The second-order valence-corrected chi connectivity index (χ2v) is 7.37. The van der Waals surface area contributed by atoms with Crippen LogP contribution in [0.25, 0.3) is 0 Å². The fourth-order valence-electron chi connectivity index (χ4n) is 3.08. The molecular formula is C18H21Cl3N4O. The molecule has 0 radical (unpaired) electrons. The topological polar surface area (TPSA) is 50.3 Å². The minimum Gasteiger partial charge on any atom is -0.492 e. The van der Waals surface area contributed by atoms with Crippen molar-refractivity contribution >= 4 is 40.6 Å². The van der Waals surface area contributed by atoms with E-state index in [1.54, 1.807) is 6.07 Å². The lowest BCUT2D eigenvalue weighted by Crippen LogP contribution is -2.38. The van der Waals surface area contributed by atoms with Gasteiger partial charge >= 0.3 is 0 Å². The van der Waals surface area contributed by atoms with Crippen LogP contribution in [0.2, 0.25) is 15.5 Å². The van der Waals surface area contributed by atoms with E-state index in [1.165, 1.54) is 5.56 Å². The van der Waals surface area contributed by atoms with Gasteiger partial charge in [-0.1, -0.05) is 29.3 Å². The Balaban J connectivity index is 1.53. The van der Waals surface area contributed by atoms with Crippen molar-refractivity contribution in [2.24, 2.45) is 0 Å². The summed E-state index contributed by atoms with van der Waals surface area (Å²) in [7, 11) is 0. The molecule has 0 spiro atoms. The zero-order chi connectivity index (χ0) is 18.5. The summed E-state index contributed by atoms with van der Waals surface area (Å²) in [6.45, 7) is 5.44. The number of hydrogen-bond donors (Lipinski definition) is 1. The van der Waals surface area contributed by atoms with Crippen molar-refractivity contribution in [1.82, 2.24) is 14.9 Å². The fourth-order valence-corrected chi connectivity index (χ4v) is 3.66. The van der Waals surface area contributed by atoms with Gasteiger partial charge < -0.3 is 10.1 Å². The van der Waals surface area contributed by atoms with Crippen LogP contribution >= 0.6 is 34.8 Å². The van der Waals surface area contributed by atoms with Gasteiger partial charge in [0.15, 0.2) is 0 Å². The molecule has 1 aromatic heterocycles. The van der Waals surface area contributed by atoms with Crippen molar-refractivity contribution in [2.75, 3.05) is 25.0 Å². The molecule has 0 saturated carbocycles. The molecule has 0 bridgehead atoms. The van der Waals surface area contributed by atoms with Crippen molar-refractivity contribution in [2.45, 2.75) is 32.4 Å². The van der Waals surface area contributed by atoms with Gasteiger partial charge in [0.2, 0.25) is 5.28 Å². The summed E-state index contributed by atoms with van der Waals surface area (Å²) in [5, 5.41) is 4.55. The molecule has 5 nitrogen and oxygen atoms in total. The van der Waals surface area contributed by atoms with Gasteiger partial charge in [0.1, 0.15) is 16.7 Å². The van der Waals surface area contributed by atoms with Crippen molar-refractivity contribution in [3.63, 3.8) is 0 Å². The fraction of sp³-hybridized carbons (Fsp3) is 0.444. The Bertz CT molecular complexity index is 731. The van der Waals surface area contributed by atoms with Gasteiger partial charge in [-0.3, -0.25) is 4.90 Å². The summed E-state index contributed by atoms with van der Waals surface area (Å²) >= 11 is 17.9. The molecule has 26 heavy (non-hydrogen) atoms. The summed E-state index contributed by atoms with van der Waals surface area (Å²) in [5.41, 5.74) is 1.21. The van der Waals surface area contributed by atoms with Gasteiger partial charge in [0, 0.05) is 31.7 Å². The molecule has 140 valence electrons. The number of rotatable bonds is 6. The second kappa shape index (κ2) is 9.09. The van der Waals surface area contributed by atoms with E-state index in [0.717, 1.165) is 38.2 Å². The van der Waals surface area contributed by atoms with Crippen molar-refractivity contribution in [3.8, 4) is 5.75 Å². The monoisotopic (exact) mass is 414 g/mol. The Morgan fingerprint density at radius 1 is 1.15 bits per heavy atom. The molecule has 1 saturated heterocycles. The average molecular weight is 416 g/mol. The van der Waals surface area contributed by atoms with Crippen LogP contribution in [0.15, 0.2) is 24.3 Å². The summed E-state index contributed by atoms with van der Waals surface area (Å²) in [5.74, 6) is 1.42. The lowest BCUT2D eigenvalue weighted by Gasteiger charge is -2.32. The maximum absolute atomic E-state index is 6.16. The number of piperidine rings is 1. The molecule has 0 atom stereocenters. The van der Waals surface area contributed by atoms with Gasteiger partial charge in [0.25, 0.3) is 0 Å². The molecule has 0 unspecified atom stereocenters. The Morgan fingerprint density at radius 2 is 1.92 bits per heavy atom.